The van der Waals surface area contributed by atoms with Crippen LogP contribution in [-0.2, 0) is 14.1 Å². The third-order valence-corrected chi connectivity index (χ3v) is 8.02. The maximum atomic E-state index is 11.8. The van der Waals surface area contributed by atoms with Crippen LogP contribution in [-0.4, -0.2) is 29.0 Å². The molecule has 5 nitrogen and oxygen atoms in total. The minimum Gasteiger partial charge on any atom is -0.364 e. The van der Waals surface area contributed by atoms with Crippen molar-refractivity contribution >= 4 is 18.9 Å². The molecule has 0 aromatic heterocycles. The Kier molecular flexibility index (Phi) is 4.28. The molecule has 17 heavy (non-hydrogen) atoms. The van der Waals surface area contributed by atoms with Crippen molar-refractivity contribution in [3.05, 3.63) is 0 Å². The van der Waals surface area contributed by atoms with E-state index in [2.05, 4.69) is 6.92 Å². The average molecular weight is 261 g/mol. The van der Waals surface area contributed by atoms with Gasteiger partial charge in [0.15, 0.2) is 5.66 Å². The van der Waals surface area contributed by atoms with Gasteiger partial charge in [0.2, 0.25) is 0 Å². The van der Waals surface area contributed by atoms with Gasteiger partial charge in [0.05, 0.1) is 6.61 Å². The van der Waals surface area contributed by atoms with Crippen LogP contribution >= 0.6 is 7.49 Å². The van der Waals surface area contributed by atoms with Crippen LogP contribution in [0.1, 0.15) is 40.0 Å². The quantitative estimate of drug-likeness (QED) is 0.532. The lowest BCUT2D eigenvalue weighted by Gasteiger charge is -2.09. The highest BCUT2D eigenvalue weighted by Crippen LogP contribution is 2.89. The highest BCUT2D eigenvalue weighted by molar-refractivity contribution is 7.96. The van der Waals surface area contributed by atoms with Crippen molar-refractivity contribution in [1.82, 2.24) is 0 Å². The SMILES string of the molecule is CCCCCO[P+]1(C(C)=O)C(C)C1(N)C(N)=O. The van der Waals surface area contributed by atoms with Gasteiger partial charge in [-0.15, -0.1) is 0 Å². The van der Waals surface area contributed by atoms with Gasteiger partial charge in [0, 0.05) is 6.92 Å². The van der Waals surface area contributed by atoms with E-state index in [9.17, 15) is 9.59 Å². The maximum Gasteiger partial charge on any atom is 0.297 e. The molecule has 0 bridgehead atoms. The van der Waals surface area contributed by atoms with Gasteiger partial charge >= 0.3 is 0 Å². The van der Waals surface area contributed by atoms with Gasteiger partial charge in [-0.1, -0.05) is 19.8 Å². The Morgan fingerprint density at radius 2 is 2.00 bits per heavy atom. The third-order valence-electron chi connectivity index (χ3n) is 3.57. The largest absolute Gasteiger partial charge is 0.364 e. The molecule has 6 heteroatoms. The highest BCUT2D eigenvalue weighted by atomic mass is 31.2. The van der Waals surface area contributed by atoms with E-state index in [0.717, 1.165) is 19.3 Å². The van der Waals surface area contributed by atoms with Crippen LogP contribution < -0.4 is 11.5 Å². The molecular formula is C11H22N2O3P+. The van der Waals surface area contributed by atoms with Gasteiger partial charge in [0.1, 0.15) is 0 Å². The molecule has 0 saturated carbocycles. The van der Waals surface area contributed by atoms with E-state index in [0.29, 0.717) is 6.61 Å². The summed E-state index contributed by atoms with van der Waals surface area (Å²) < 4.78 is 5.73. The van der Waals surface area contributed by atoms with E-state index >= 15 is 0 Å². The summed E-state index contributed by atoms with van der Waals surface area (Å²) in [6, 6.07) is 0. The predicted octanol–water partition coefficient (Wildman–Crippen LogP) is 1.21. The highest BCUT2D eigenvalue weighted by Gasteiger charge is 2.91. The summed E-state index contributed by atoms with van der Waals surface area (Å²) in [7, 11) is -2.51. The zero-order valence-electron chi connectivity index (χ0n) is 10.7. The Labute approximate surface area is 103 Å². The topological polar surface area (TPSA) is 95.4 Å². The first-order valence-electron chi connectivity index (χ1n) is 5.99. The van der Waals surface area contributed by atoms with Crippen molar-refractivity contribution in [3.8, 4) is 0 Å². The summed E-state index contributed by atoms with van der Waals surface area (Å²) in [5.41, 5.74) is 10.9. The second-order valence-corrected chi connectivity index (χ2v) is 8.30. The lowest BCUT2D eigenvalue weighted by molar-refractivity contribution is -0.119. The molecule has 1 saturated heterocycles. The van der Waals surface area contributed by atoms with E-state index in [1.54, 1.807) is 6.92 Å². The normalized spacial score (nSPS) is 35.6. The number of hydrogen-bond acceptors (Lipinski definition) is 4. The number of carbonyl (C=O) groups is 2. The molecule has 0 radical (unpaired) electrons. The number of nitrogens with two attached hydrogens (primary N) is 2. The van der Waals surface area contributed by atoms with Gasteiger partial charge in [-0.3, -0.25) is 15.3 Å². The number of rotatable bonds is 7. The minimum absolute atomic E-state index is 0.109. The molecule has 1 heterocycles. The number of hydrogen-bond donors (Lipinski definition) is 2. The zero-order chi connectivity index (χ0) is 13.3. The third kappa shape index (κ3) is 2.01. The Bertz CT molecular complexity index is 337. The summed E-state index contributed by atoms with van der Waals surface area (Å²) in [5, 5.41) is -1.23. The Hall–Kier alpha value is -0.510. The Morgan fingerprint density at radius 1 is 1.41 bits per heavy atom. The van der Waals surface area contributed by atoms with E-state index < -0.39 is 18.7 Å². The van der Waals surface area contributed by atoms with E-state index in [4.69, 9.17) is 16.0 Å². The fourth-order valence-corrected chi connectivity index (χ4v) is 6.38. The molecule has 3 unspecified atom stereocenters. The van der Waals surface area contributed by atoms with E-state index in [1.165, 1.54) is 6.92 Å². The van der Waals surface area contributed by atoms with Crippen LogP contribution in [0, 0.1) is 0 Å². The Morgan fingerprint density at radius 3 is 2.35 bits per heavy atom. The number of unbranched alkanes of at least 4 members (excludes halogenated alkanes) is 2. The molecule has 1 rings (SSSR count). The lowest BCUT2D eigenvalue weighted by atomic mass is 10.2. The number of primary amides is 1. The second kappa shape index (κ2) is 5.01. The number of carbonyl (C=O) groups excluding carboxylic acids is 2. The standard InChI is InChI=1S/C11H21N2O3P/c1-4-5-6-7-16-17(9(3)14)8(2)11(17,13)10(12)15/h8H,4-7,13H2,1-3H3,(H-,12,15)/p+1. The molecular weight excluding hydrogens is 239 g/mol. The molecule has 0 aromatic rings. The van der Waals surface area contributed by atoms with Gasteiger partial charge in [-0.25, -0.2) is 4.52 Å². The van der Waals surface area contributed by atoms with Crippen molar-refractivity contribution in [2.24, 2.45) is 11.5 Å². The van der Waals surface area contributed by atoms with Crippen LogP contribution in [0.5, 0.6) is 0 Å². The van der Waals surface area contributed by atoms with Crippen LogP contribution in [0.15, 0.2) is 0 Å². The molecule has 1 amide bonds. The maximum absolute atomic E-state index is 11.8. The molecule has 0 aromatic carbocycles. The lowest BCUT2D eigenvalue weighted by Crippen LogP contribution is -2.42. The van der Waals surface area contributed by atoms with Crippen LogP contribution in [0.4, 0.5) is 0 Å². The Balaban J connectivity index is 2.74. The van der Waals surface area contributed by atoms with E-state index in [-0.39, 0.29) is 11.2 Å². The van der Waals surface area contributed by atoms with Crippen molar-refractivity contribution in [2.45, 2.75) is 51.0 Å². The molecule has 1 aliphatic heterocycles. The molecule has 4 N–H and O–H groups in total. The monoisotopic (exact) mass is 261 g/mol. The summed E-state index contributed by atoms with van der Waals surface area (Å²) in [5.74, 6) is -0.621. The molecule has 1 aliphatic rings. The van der Waals surface area contributed by atoms with Crippen molar-refractivity contribution in [3.63, 3.8) is 0 Å². The first-order valence-corrected chi connectivity index (χ1v) is 7.76. The molecule has 0 spiro atoms. The minimum atomic E-state index is -2.51. The second-order valence-electron chi connectivity index (χ2n) is 4.58. The fourth-order valence-electron chi connectivity index (χ4n) is 2.35. The first-order chi connectivity index (χ1) is 7.85. The van der Waals surface area contributed by atoms with Gasteiger partial charge in [-0.05, 0) is 13.3 Å². The van der Waals surface area contributed by atoms with Gasteiger partial charge < -0.3 is 5.73 Å². The summed E-state index contributed by atoms with van der Waals surface area (Å²) in [6.07, 6.45) is 3.00. The average Bonchev–Trinajstić information content (AvgIpc) is 2.75. The summed E-state index contributed by atoms with van der Waals surface area (Å²) in [4.78, 5) is 23.2. The van der Waals surface area contributed by atoms with Gasteiger partial charge in [0.25, 0.3) is 24.2 Å². The van der Waals surface area contributed by atoms with Crippen LogP contribution in [0.2, 0.25) is 0 Å². The fraction of sp³-hybridized carbons (Fsp3) is 0.818. The van der Waals surface area contributed by atoms with Crippen LogP contribution in [0.3, 0.4) is 0 Å². The van der Waals surface area contributed by atoms with Crippen LogP contribution in [0.25, 0.3) is 0 Å². The summed E-state index contributed by atoms with van der Waals surface area (Å²) >= 11 is 0. The zero-order valence-corrected chi connectivity index (χ0v) is 11.6. The number of amides is 1. The first kappa shape index (κ1) is 14.6. The smallest absolute Gasteiger partial charge is 0.297 e. The summed E-state index contributed by atoms with van der Waals surface area (Å²) in [6.45, 7) is 5.80. The molecule has 98 valence electrons. The molecule has 1 fully saturated rings. The van der Waals surface area contributed by atoms with Crippen molar-refractivity contribution < 1.29 is 14.1 Å². The van der Waals surface area contributed by atoms with E-state index in [1.807, 2.05) is 0 Å². The predicted molar refractivity (Wildman–Crippen MR) is 68.7 cm³/mol. The van der Waals surface area contributed by atoms with Gasteiger partial charge in [-0.2, -0.15) is 0 Å². The van der Waals surface area contributed by atoms with Crippen molar-refractivity contribution in [2.75, 3.05) is 6.61 Å². The van der Waals surface area contributed by atoms with Crippen molar-refractivity contribution in [1.29, 1.82) is 0 Å². The molecule has 0 aliphatic carbocycles. The molecule has 3 atom stereocenters.